The van der Waals surface area contributed by atoms with Crippen LogP contribution in [0, 0.1) is 12.7 Å². The highest BCUT2D eigenvalue weighted by molar-refractivity contribution is 6.01. The van der Waals surface area contributed by atoms with Crippen molar-refractivity contribution < 1.29 is 9.18 Å². The minimum atomic E-state index is -0.720. The molecule has 0 bridgehead atoms. The van der Waals surface area contributed by atoms with Crippen LogP contribution >= 0.6 is 0 Å². The fourth-order valence-electron chi connectivity index (χ4n) is 3.46. The van der Waals surface area contributed by atoms with Gasteiger partial charge in [-0.3, -0.25) is 10.1 Å². The Labute approximate surface area is 122 Å². The average molecular weight is 282 g/mol. The van der Waals surface area contributed by atoms with Gasteiger partial charge in [0.05, 0.1) is 0 Å². The quantitative estimate of drug-likeness (QED) is 0.871. The second-order valence-corrected chi connectivity index (χ2v) is 5.65. The largest absolute Gasteiger partial charge is 0.311 e. The van der Waals surface area contributed by atoms with Gasteiger partial charge >= 0.3 is 0 Å². The molecule has 2 aliphatic rings. The summed E-state index contributed by atoms with van der Waals surface area (Å²) >= 11 is 0. The number of aryl methyl sites for hydroxylation is 1. The molecular formula is C17H15FN2O. The summed E-state index contributed by atoms with van der Waals surface area (Å²) in [6.07, 6.45) is 0. The number of hydrogen-bond donors (Lipinski definition) is 1. The van der Waals surface area contributed by atoms with E-state index in [0.717, 1.165) is 11.1 Å². The van der Waals surface area contributed by atoms with Crippen LogP contribution in [0.25, 0.3) is 0 Å². The number of carbonyl (C=O) groups is 1. The predicted octanol–water partition coefficient (Wildman–Crippen LogP) is 2.39. The zero-order valence-electron chi connectivity index (χ0n) is 11.7. The van der Waals surface area contributed by atoms with Crippen LogP contribution in [0.5, 0.6) is 0 Å². The number of carbonyl (C=O) groups excluding carboxylic acids is 1. The molecule has 1 amide bonds. The van der Waals surface area contributed by atoms with Crippen molar-refractivity contribution in [3.8, 4) is 0 Å². The molecule has 0 radical (unpaired) electrons. The van der Waals surface area contributed by atoms with Crippen molar-refractivity contribution in [2.75, 3.05) is 13.1 Å². The van der Waals surface area contributed by atoms with Gasteiger partial charge in [-0.05, 0) is 30.7 Å². The van der Waals surface area contributed by atoms with Crippen LogP contribution in [0.1, 0.15) is 27.0 Å². The Morgan fingerprint density at radius 3 is 2.71 bits per heavy atom. The van der Waals surface area contributed by atoms with Crippen molar-refractivity contribution >= 4 is 5.91 Å². The molecule has 2 aromatic carbocycles. The fraction of sp³-hybridized carbons (Fsp3) is 0.235. The van der Waals surface area contributed by atoms with E-state index in [1.54, 1.807) is 6.07 Å². The smallest absolute Gasteiger partial charge is 0.256 e. The van der Waals surface area contributed by atoms with E-state index in [2.05, 4.69) is 5.32 Å². The second-order valence-electron chi connectivity index (χ2n) is 5.65. The van der Waals surface area contributed by atoms with E-state index >= 15 is 0 Å². The zero-order valence-corrected chi connectivity index (χ0v) is 11.7. The number of amides is 1. The first-order valence-corrected chi connectivity index (χ1v) is 7.07. The highest BCUT2D eigenvalue weighted by atomic mass is 19.1. The SMILES string of the molecule is Cc1ccc(C23NCCN2C(=O)c2ccc(F)cc23)cc1. The molecule has 2 aromatic rings. The van der Waals surface area contributed by atoms with E-state index in [9.17, 15) is 9.18 Å². The number of fused-ring (bicyclic) bond motifs is 3. The van der Waals surface area contributed by atoms with Crippen molar-refractivity contribution in [2.24, 2.45) is 0 Å². The van der Waals surface area contributed by atoms with Gasteiger partial charge in [0, 0.05) is 24.2 Å². The van der Waals surface area contributed by atoms with E-state index in [1.165, 1.54) is 12.1 Å². The molecule has 2 aliphatic heterocycles. The van der Waals surface area contributed by atoms with Gasteiger partial charge in [0.1, 0.15) is 11.5 Å². The Morgan fingerprint density at radius 1 is 1.19 bits per heavy atom. The second kappa shape index (κ2) is 4.15. The summed E-state index contributed by atoms with van der Waals surface area (Å²) < 4.78 is 13.7. The highest BCUT2D eigenvalue weighted by Crippen LogP contribution is 2.44. The van der Waals surface area contributed by atoms with Gasteiger partial charge in [0.25, 0.3) is 5.91 Å². The Bertz CT molecular complexity index is 741. The molecule has 2 heterocycles. The molecule has 1 N–H and O–H groups in total. The lowest BCUT2D eigenvalue weighted by molar-refractivity contribution is 0.0694. The zero-order chi connectivity index (χ0) is 14.6. The average Bonchev–Trinajstić information content (AvgIpc) is 3.00. The van der Waals surface area contributed by atoms with Crippen molar-refractivity contribution in [2.45, 2.75) is 12.6 Å². The molecular weight excluding hydrogens is 267 g/mol. The first-order valence-electron chi connectivity index (χ1n) is 7.07. The first-order chi connectivity index (χ1) is 10.1. The van der Waals surface area contributed by atoms with Gasteiger partial charge in [-0.25, -0.2) is 4.39 Å². The van der Waals surface area contributed by atoms with E-state index in [1.807, 2.05) is 36.1 Å². The third-order valence-electron chi connectivity index (χ3n) is 4.44. The van der Waals surface area contributed by atoms with Gasteiger partial charge in [0.2, 0.25) is 0 Å². The lowest BCUT2D eigenvalue weighted by Gasteiger charge is -2.33. The summed E-state index contributed by atoms with van der Waals surface area (Å²) in [5.74, 6) is -0.348. The van der Waals surface area contributed by atoms with Crippen LogP contribution in [-0.4, -0.2) is 23.9 Å². The van der Waals surface area contributed by atoms with Gasteiger partial charge in [-0.15, -0.1) is 0 Å². The van der Waals surface area contributed by atoms with E-state index in [4.69, 9.17) is 0 Å². The number of benzene rings is 2. The van der Waals surface area contributed by atoms with Crippen LogP contribution < -0.4 is 5.32 Å². The Morgan fingerprint density at radius 2 is 1.95 bits per heavy atom. The monoisotopic (exact) mass is 282 g/mol. The topological polar surface area (TPSA) is 32.3 Å². The van der Waals surface area contributed by atoms with Crippen molar-refractivity contribution in [1.82, 2.24) is 10.2 Å². The van der Waals surface area contributed by atoms with Crippen LogP contribution in [0.3, 0.4) is 0 Å². The molecule has 0 spiro atoms. The molecule has 1 saturated heterocycles. The number of rotatable bonds is 1. The molecule has 1 fully saturated rings. The summed E-state index contributed by atoms with van der Waals surface area (Å²) in [5, 5.41) is 3.42. The van der Waals surface area contributed by atoms with Gasteiger partial charge in [0.15, 0.2) is 0 Å². The maximum atomic E-state index is 13.7. The number of nitrogens with zero attached hydrogens (tertiary/aromatic N) is 1. The normalized spacial score (nSPS) is 23.3. The molecule has 21 heavy (non-hydrogen) atoms. The highest BCUT2D eigenvalue weighted by Gasteiger charge is 2.53. The standard InChI is InChI=1S/C17H15FN2O/c1-11-2-4-12(5-3-11)17-15-10-13(18)6-7-14(15)16(21)20(17)9-8-19-17/h2-7,10,19H,8-9H2,1H3. The molecule has 1 unspecified atom stereocenters. The molecule has 0 aromatic heterocycles. The van der Waals surface area contributed by atoms with Crippen LogP contribution in [0.2, 0.25) is 0 Å². The molecule has 3 nitrogen and oxygen atoms in total. The minimum absolute atomic E-state index is 0.0319. The van der Waals surface area contributed by atoms with Crippen LogP contribution in [0.15, 0.2) is 42.5 Å². The first kappa shape index (κ1) is 12.5. The Hall–Kier alpha value is -2.20. The lowest BCUT2D eigenvalue weighted by atomic mass is 9.91. The molecule has 4 heteroatoms. The van der Waals surface area contributed by atoms with Crippen molar-refractivity contribution in [3.63, 3.8) is 0 Å². The lowest BCUT2D eigenvalue weighted by Crippen LogP contribution is -2.46. The number of halogens is 1. The molecule has 1 atom stereocenters. The summed E-state index contributed by atoms with van der Waals surface area (Å²) in [6, 6.07) is 12.5. The predicted molar refractivity (Wildman–Crippen MR) is 77.4 cm³/mol. The van der Waals surface area contributed by atoms with Crippen LogP contribution in [-0.2, 0) is 5.66 Å². The maximum Gasteiger partial charge on any atom is 0.256 e. The molecule has 0 saturated carbocycles. The molecule has 0 aliphatic carbocycles. The maximum absolute atomic E-state index is 13.7. The molecule has 106 valence electrons. The summed E-state index contributed by atoms with van der Waals surface area (Å²) in [4.78, 5) is 14.4. The Balaban J connectivity index is 2.00. The summed E-state index contributed by atoms with van der Waals surface area (Å²) in [5.41, 5.74) is 2.71. The molecule has 4 rings (SSSR count). The van der Waals surface area contributed by atoms with Crippen molar-refractivity contribution in [3.05, 3.63) is 70.5 Å². The number of hydrogen-bond acceptors (Lipinski definition) is 2. The summed E-state index contributed by atoms with van der Waals surface area (Å²) in [6.45, 7) is 3.35. The van der Waals surface area contributed by atoms with Crippen LogP contribution in [0.4, 0.5) is 4.39 Å². The Kier molecular flexibility index (Phi) is 2.48. The minimum Gasteiger partial charge on any atom is -0.311 e. The van der Waals surface area contributed by atoms with E-state index in [0.29, 0.717) is 24.2 Å². The fourth-order valence-corrected chi connectivity index (χ4v) is 3.46. The number of nitrogens with one attached hydrogen (secondary N) is 1. The van der Waals surface area contributed by atoms with Gasteiger partial charge < -0.3 is 4.90 Å². The van der Waals surface area contributed by atoms with E-state index < -0.39 is 5.66 Å². The summed E-state index contributed by atoms with van der Waals surface area (Å²) in [7, 11) is 0. The third-order valence-corrected chi connectivity index (χ3v) is 4.44. The van der Waals surface area contributed by atoms with Gasteiger partial charge in [-0.2, -0.15) is 0 Å². The third kappa shape index (κ3) is 1.54. The van der Waals surface area contributed by atoms with E-state index in [-0.39, 0.29) is 11.7 Å². The van der Waals surface area contributed by atoms with Gasteiger partial charge in [-0.1, -0.05) is 29.8 Å². The van der Waals surface area contributed by atoms with Crippen molar-refractivity contribution in [1.29, 1.82) is 0 Å².